The van der Waals surface area contributed by atoms with Crippen molar-refractivity contribution >= 4 is 17.1 Å². The molecule has 0 unspecified atom stereocenters. The summed E-state index contributed by atoms with van der Waals surface area (Å²) in [4.78, 5) is 14.0. The van der Waals surface area contributed by atoms with E-state index in [1.54, 1.807) is 6.33 Å². The van der Waals surface area contributed by atoms with Crippen molar-refractivity contribution in [3.63, 3.8) is 0 Å². The summed E-state index contributed by atoms with van der Waals surface area (Å²) in [7, 11) is 0. The first-order valence-corrected chi connectivity index (χ1v) is 5.65. The molecule has 6 heteroatoms. The number of aromatic amines is 2. The Morgan fingerprint density at radius 2 is 2.47 bits per heavy atom. The minimum Gasteiger partial charge on any atom is -0.462 e. The van der Waals surface area contributed by atoms with E-state index in [9.17, 15) is 0 Å². The molecule has 2 heterocycles. The molecule has 0 saturated carbocycles. The van der Waals surface area contributed by atoms with Crippen LogP contribution < -0.4 is 15.5 Å². The van der Waals surface area contributed by atoms with Gasteiger partial charge in [0, 0.05) is 0 Å². The van der Waals surface area contributed by atoms with E-state index in [1.807, 2.05) is 0 Å². The average Bonchev–Trinajstić information content (AvgIpc) is 2.95. The summed E-state index contributed by atoms with van der Waals surface area (Å²) < 4.78 is 5.73. The number of hydrogen-bond donors (Lipinski definition) is 2. The molecule has 0 aromatic carbocycles. The third-order valence-electron chi connectivity index (χ3n) is 2.85. The van der Waals surface area contributed by atoms with E-state index in [2.05, 4.69) is 26.0 Å². The molecule has 4 N–H and O–H groups in total. The van der Waals surface area contributed by atoms with Gasteiger partial charge in [0.2, 0.25) is 0 Å². The standard InChI is InChI=1S/C11H13N5O/c12-11-15-9-8(13-6-14-9)10(16-11)17-5-7-3-1-2-4-7/h3,6H,1-2,4-5H2,(H3,12,13,14,15,16)/p+1. The Morgan fingerprint density at radius 3 is 3.29 bits per heavy atom. The maximum absolute atomic E-state index is 5.73. The van der Waals surface area contributed by atoms with Crippen LogP contribution in [0.25, 0.3) is 11.2 Å². The number of anilines is 1. The number of H-pyrrole nitrogens is 2. The quantitative estimate of drug-likeness (QED) is 0.767. The first-order chi connectivity index (χ1) is 8.33. The second kappa shape index (κ2) is 4.04. The van der Waals surface area contributed by atoms with Crippen molar-refractivity contribution in [2.24, 2.45) is 0 Å². The van der Waals surface area contributed by atoms with Crippen LogP contribution in [0.3, 0.4) is 0 Å². The number of imidazole rings is 1. The second-order valence-corrected chi connectivity index (χ2v) is 4.10. The zero-order chi connectivity index (χ0) is 11.7. The number of allylic oxidation sites excluding steroid dienone is 1. The molecule has 1 aliphatic carbocycles. The Bertz CT molecular complexity index is 574. The van der Waals surface area contributed by atoms with Crippen LogP contribution in [0.4, 0.5) is 5.95 Å². The molecule has 0 atom stereocenters. The number of fused-ring (bicyclic) bond motifs is 1. The number of nitrogens with two attached hydrogens (primary N) is 1. The maximum atomic E-state index is 5.73. The smallest absolute Gasteiger partial charge is 0.392 e. The lowest BCUT2D eigenvalue weighted by atomic mass is 10.2. The lowest BCUT2D eigenvalue weighted by Crippen LogP contribution is -2.18. The normalized spacial score (nSPS) is 15.2. The summed E-state index contributed by atoms with van der Waals surface area (Å²) in [6.45, 7) is 0.591. The van der Waals surface area contributed by atoms with E-state index in [4.69, 9.17) is 10.5 Å². The van der Waals surface area contributed by atoms with Crippen LogP contribution in [-0.4, -0.2) is 21.6 Å². The molecule has 0 aliphatic heterocycles. The highest BCUT2D eigenvalue weighted by Gasteiger charge is 2.15. The first-order valence-electron chi connectivity index (χ1n) is 5.65. The van der Waals surface area contributed by atoms with Crippen molar-refractivity contribution in [3.05, 3.63) is 18.0 Å². The highest BCUT2D eigenvalue weighted by Crippen LogP contribution is 2.20. The molecule has 0 amide bonds. The van der Waals surface area contributed by atoms with Crippen molar-refractivity contribution in [2.75, 3.05) is 12.3 Å². The highest BCUT2D eigenvalue weighted by atomic mass is 16.5. The van der Waals surface area contributed by atoms with Crippen molar-refractivity contribution < 1.29 is 9.72 Å². The van der Waals surface area contributed by atoms with E-state index in [0.29, 0.717) is 24.1 Å². The monoisotopic (exact) mass is 232 g/mol. The van der Waals surface area contributed by atoms with Gasteiger partial charge in [0.25, 0.3) is 11.5 Å². The summed E-state index contributed by atoms with van der Waals surface area (Å²) in [5.41, 5.74) is 8.30. The van der Waals surface area contributed by atoms with Gasteiger partial charge in [-0.2, -0.15) is 0 Å². The fraction of sp³-hybridized carbons (Fsp3) is 0.364. The van der Waals surface area contributed by atoms with Gasteiger partial charge in [-0.15, -0.1) is 0 Å². The molecule has 88 valence electrons. The highest BCUT2D eigenvalue weighted by molar-refractivity contribution is 5.74. The van der Waals surface area contributed by atoms with Crippen molar-refractivity contribution in [1.82, 2.24) is 15.0 Å². The molecule has 0 fully saturated rings. The molecular formula is C11H14N5O+. The molecule has 0 bridgehead atoms. The molecule has 3 rings (SSSR count). The summed E-state index contributed by atoms with van der Waals surface area (Å²) >= 11 is 0. The molecular weight excluding hydrogens is 218 g/mol. The maximum Gasteiger partial charge on any atom is 0.392 e. The number of nitrogen functional groups attached to an aromatic ring is 1. The van der Waals surface area contributed by atoms with Gasteiger partial charge < -0.3 is 9.72 Å². The second-order valence-electron chi connectivity index (χ2n) is 4.10. The van der Waals surface area contributed by atoms with Gasteiger partial charge in [0.15, 0.2) is 5.52 Å². The minimum atomic E-state index is 0.306. The van der Waals surface area contributed by atoms with Crippen LogP contribution in [0, 0.1) is 0 Å². The summed E-state index contributed by atoms with van der Waals surface area (Å²) in [5, 5.41) is 0. The lowest BCUT2D eigenvalue weighted by molar-refractivity contribution is -0.378. The number of nitrogens with one attached hydrogen (secondary N) is 2. The number of nitrogens with zero attached hydrogens (tertiary/aromatic N) is 2. The van der Waals surface area contributed by atoms with E-state index >= 15 is 0 Å². The fourth-order valence-electron chi connectivity index (χ4n) is 2.00. The zero-order valence-corrected chi connectivity index (χ0v) is 9.36. The largest absolute Gasteiger partial charge is 0.462 e. The predicted octanol–water partition coefficient (Wildman–Crippen LogP) is 0.843. The van der Waals surface area contributed by atoms with Crippen molar-refractivity contribution in [2.45, 2.75) is 19.3 Å². The van der Waals surface area contributed by atoms with E-state index < -0.39 is 0 Å². The predicted molar refractivity (Wildman–Crippen MR) is 62.3 cm³/mol. The van der Waals surface area contributed by atoms with Crippen LogP contribution in [0.5, 0.6) is 5.88 Å². The zero-order valence-electron chi connectivity index (χ0n) is 9.36. The van der Waals surface area contributed by atoms with Crippen LogP contribution >= 0.6 is 0 Å². The Kier molecular flexibility index (Phi) is 2.40. The minimum absolute atomic E-state index is 0.306. The molecule has 2 aromatic rings. The van der Waals surface area contributed by atoms with Crippen LogP contribution in [0.2, 0.25) is 0 Å². The lowest BCUT2D eigenvalue weighted by Gasteiger charge is -2.04. The molecule has 2 aromatic heterocycles. The Hall–Kier alpha value is -2.11. The number of rotatable bonds is 3. The van der Waals surface area contributed by atoms with Gasteiger partial charge >= 0.3 is 5.95 Å². The van der Waals surface area contributed by atoms with Crippen molar-refractivity contribution in [3.8, 4) is 5.88 Å². The summed E-state index contributed by atoms with van der Waals surface area (Å²) in [6.07, 6.45) is 7.30. The third kappa shape index (κ3) is 1.93. The van der Waals surface area contributed by atoms with Gasteiger partial charge in [0.1, 0.15) is 6.61 Å². The van der Waals surface area contributed by atoms with Gasteiger partial charge in [-0.25, -0.2) is 9.97 Å². The number of hydrogen-bond acceptors (Lipinski definition) is 4. The molecule has 0 spiro atoms. The first kappa shape index (κ1) is 10.1. The molecule has 0 saturated heterocycles. The Morgan fingerprint density at radius 1 is 1.53 bits per heavy atom. The summed E-state index contributed by atoms with van der Waals surface area (Å²) in [6, 6.07) is 0. The van der Waals surface area contributed by atoms with Crippen LogP contribution in [0.15, 0.2) is 18.0 Å². The fourth-order valence-corrected chi connectivity index (χ4v) is 2.00. The van der Waals surface area contributed by atoms with Crippen molar-refractivity contribution in [1.29, 1.82) is 0 Å². The van der Waals surface area contributed by atoms with E-state index in [1.165, 1.54) is 12.0 Å². The molecule has 1 aliphatic rings. The van der Waals surface area contributed by atoms with Gasteiger partial charge in [0.05, 0.1) is 6.33 Å². The topological polar surface area (TPSA) is 91.0 Å². The Labute approximate surface area is 97.9 Å². The Balaban J connectivity index is 1.86. The summed E-state index contributed by atoms with van der Waals surface area (Å²) in [5.74, 6) is 0.901. The molecule has 0 radical (unpaired) electrons. The molecule has 6 nitrogen and oxygen atoms in total. The average molecular weight is 232 g/mol. The van der Waals surface area contributed by atoms with Crippen LogP contribution in [0.1, 0.15) is 19.3 Å². The molecule has 17 heavy (non-hydrogen) atoms. The van der Waals surface area contributed by atoms with E-state index in [-0.39, 0.29) is 0 Å². The van der Waals surface area contributed by atoms with Gasteiger partial charge in [-0.3, -0.25) is 5.73 Å². The van der Waals surface area contributed by atoms with Gasteiger partial charge in [-0.05, 0) is 29.8 Å². The number of aromatic nitrogens is 4. The number of ether oxygens (including phenoxy) is 1. The van der Waals surface area contributed by atoms with E-state index in [0.717, 1.165) is 18.4 Å². The SMILES string of the molecule is Nc1nc2nc[nH]c2c(OCC2=CCCC2)[nH+]1. The van der Waals surface area contributed by atoms with Crippen LogP contribution in [-0.2, 0) is 0 Å². The van der Waals surface area contributed by atoms with Gasteiger partial charge in [-0.1, -0.05) is 6.08 Å². The third-order valence-corrected chi connectivity index (χ3v) is 2.85.